The average Bonchev–Trinajstić information content (AvgIpc) is 2.87. The zero-order valence-corrected chi connectivity index (χ0v) is 19.3. The first-order valence-corrected chi connectivity index (χ1v) is 11.1. The summed E-state index contributed by atoms with van der Waals surface area (Å²) in [6.45, 7) is 0.999. The van der Waals surface area contributed by atoms with Crippen LogP contribution in [0.4, 0.5) is 4.39 Å². The molecular formula is C25H29FN2O6. The molecule has 182 valence electrons. The molecule has 2 aromatic carbocycles. The molecule has 1 aliphatic rings. The Morgan fingerprint density at radius 2 is 1.79 bits per heavy atom. The van der Waals surface area contributed by atoms with Crippen LogP contribution in [-0.2, 0) is 20.7 Å². The van der Waals surface area contributed by atoms with Crippen LogP contribution in [0.2, 0.25) is 0 Å². The molecule has 1 saturated heterocycles. The molecule has 1 N–H and O–H groups in total. The highest BCUT2D eigenvalue weighted by atomic mass is 19.1. The summed E-state index contributed by atoms with van der Waals surface area (Å²) in [5.74, 6) is -0.569. The van der Waals surface area contributed by atoms with Crippen molar-refractivity contribution in [2.45, 2.75) is 19.3 Å². The fourth-order valence-electron chi connectivity index (χ4n) is 3.81. The minimum absolute atomic E-state index is 0.0720. The predicted octanol–water partition coefficient (Wildman–Crippen LogP) is 2.60. The van der Waals surface area contributed by atoms with Crippen molar-refractivity contribution in [3.8, 4) is 11.5 Å². The van der Waals surface area contributed by atoms with Crippen molar-refractivity contribution in [2.24, 2.45) is 5.92 Å². The van der Waals surface area contributed by atoms with Crippen LogP contribution in [0, 0.1) is 11.7 Å². The van der Waals surface area contributed by atoms with E-state index in [2.05, 4.69) is 10.1 Å². The van der Waals surface area contributed by atoms with Gasteiger partial charge in [-0.25, -0.2) is 9.18 Å². The van der Waals surface area contributed by atoms with Crippen molar-refractivity contribution in [2.75, 3.05) is 40.5 Å². The number of carbonyl (C=O) groups excluding carboxylic acids is 3. The highest BCUT2D eigenvalue weighted by Gasteiger charge is 2.28. The topological polar surface area (TPSA) is 94.2 Å². The summed E-state index contributed by atoms with van der Waals surface area (Å²) in [4.78, 5) is 38.4. The molecule has 3 rings (SSSR count). The number of nitrogens with one attached hydrogen (secondary N) is 1. The average molecular weight is 473 g/mol. The molecule has 0 saturated carbocycles. The molecule has 0 aromatic heterocycles. The molecule has 9 heteroatoms. The van der Waals surface area contributed by atoms with Gasteiger partial charge < -0.3 is 24.4 Å². The summed E-state index contributed by atoms with van der Waals surface area (Å²) in [6, 6.07) is 11.3. The molecule has 0 radical (unpaired) electrons. The number of hydrogen-bond acceptors (Lipinski definition) is 6. The molecule has 2 aromatic rings. The summed E-state index contributed by atoms with van der Waals surface area (Å²) in [5.41, 5.74) is 0.996. The van der Waals surface area contributed by atoms with Crippen LogP contribution in [0.25, 0.3) is 0 Å². The molecule has 34 heavy (non-hydrogen) atoms. The van der Waals surface area contributed by atoms with E-state index in [0.717, 1.165) is 0 Å². The smallest absolute Gasteiger partial charge is 0.343 e. The molecule has 0 atom stereocenters. The number of benzene rings is 2. The molecule has 1 fully saturated rings. The van der Waals surface area contributed by atoms with Crippen molar-refractivity contribution >= 4 is 17.8 Å². The number of piperidine rings is 1. The monoisotopic (exact) mass is 472 g/mol. The highest BCUT2D eigenvalue weighted by Crippen LogP contribution is 2.29. The zero-order valence-electron chi connectivity index (χ0n) is 19.3. The van der Waals surface area contributed by atoms with Gasteiger partial charge in [0.15, 0.2) is 18.1 Å². The van der Waals surface area contributed by atoms with Crippen LogP contribution in [0.1, 0.15) is 28.8 Å². The van der Waals surface area contributed by atoms with E-state index in [1.807, 2.05) is 0 Å². The predicted molar refractivity (Wildman–Crippen MR) is 122 cm³/mol. The summed E-state index contributed by atoms with van der Waals surface area (Å²) in [6.07, 6.45) is 1.53. The lowest BCUT2D eigenvalue weighted by atomic mass is 9.95. The van der Waals surface area contributed by atoms with Gasteiger partial charge in [0.2, 0.25) is 5.91 Å². The van der Waals surface area contributed by atoms with Gasteiger partial charge >= 0.3 is 5.97 Å². The summed E-state index contributed by atoms with van der Waals surface area (Å²) in [7, 11) is 2.72. The second-order valence-corrected chi connectivity index (χ2v) is 7.93. The largest absolute Gasteiger partial charge is 0.493 e. The molecule has 0 aliphatic carbocycles. The number of halogens is 1. The van der Waals surface area contributed by atoms with Crippen LogP contribution in [-0.4, -0.2) is 63.1 Å². The van der Waals surface area contributed by atoms with Gasteiger partial charge in [0.1, 0.15) is 5.82 Å². The van der Waals surface area contributed by atoms with E-state index in [1.54, 1.807) is 41.3 Å². The zero-order chi connectivity index (χ0) is 24.5. The standard InChI is InChI=1S/C25H29FN2O6/c1-32-22-15-19(7-8-21(22)34-16-23(29)33-2)25(31)28-13-10-18(11-14-28)24(30)27-12-9-17-5-3-4-6-20(17)26/h3-8,15,18H,9-14,16H2,1-2H3,(H,27,30). The number of carbonyl (C=O) groups is 3. The number of hydrogen-bond donors (Lipinski definition) is 1. The third-order valence-corrected chi connectivity index (χ3v) is 5.79. The fraction of sp³-hybridized carbons (Fsp3) is 0.400. The summed E-state index contributed by atoms with van der Waals surface area (Å²) in [5, 5.41) is 2.88. The Bertz CT molecular complexity index is 1020. The maximum Gasteiger partial charge on any atom is 0.343 e. The lowest BCUT2D eigenvalue weighted by Crippen LogP contribution is -2.43. The van der Waals surface area contributed by atoms with Crippen LogP contribution < -0.4 is 14.8 Å². The van der Waals surface area contributed by atoms with Gasteiger partial charge in [0, 0.05) is 31.1 Å². The number of esters is 1. The van der Waals surface area contributed by atoms with E-state index in [9.17, 15) is 18.8 Å². The Hall–Kier alpha value is -3.62. The lowest BCUT2D eigenvalue weighted by Gasteiger charge is -2.31. The summed E-state index contributed by atoms with van der Waals surface area (Å²) >= 11 is 0. The Kier molecular flexibility index (Phi) is 8.84. The fourth-order valence-corrected chi connectivity index (χ4v) is 3.81. The van der Waals surface area contributed by atoms with Crippen LogP contribution in [0.5, 0.6) is 11.5 Å². The number of ether oxygens (including phenoxy) is 3. The van der Waals surface area contributed by atoms with E-state index in [0.29, 0.717) is 61.5 Å². The van der Waals surface area contributed by atoms with Crippen molar-refractivity contribution < 1.29 is 33.0 Å². The molecule has 2 amide bonds. The minimum atomic E-state index is -0.527. The Morgan fingerprint density at radius 3 is 2.47 bits per heavy atom. The first-order chi connectivity index (χ1) is 16.4. The van der Waals surface area contributed by atoms with Crippen molar-refractivity contribution in [3.05, 3.63) is 59.4 Å². The molecule has 0 unspecified atom stereocenters. The van der Waals surface area contributed by atoms with E-state index in [4.69, 9.17) is 9.47 Å². The van der Waals surface area contributed by atoms with Gasteiger partial charge in [-0.05, 0) is 49.1 Å². The van der Waals surface area contributed by atoms with Gasteiger partial charge in [-0.15, -0.1) is 0 Å². The molecule has 0 spiro atoms. The number of amides is 2. The quantitative estimate of drug-likeness (QED) is 0.564. The van der Waals surface area contributed by atoms with Crippen LogP contribution >= 0.6 is 0 Å². The highest BCUT2D eigenvalue weighted by molar-refractivity contribution is 5.95. The van der Waals surface area contributed by atoms with Gasteiger partial charge in [0.05, 0.1) is 14.2 Å². The van der Waals surface area contributed by atoms with E-state index in [1.165, 1.54) is 20.3 Å². The molecular weight excluding hydrogens is 443 g/mol. The maximum absolute atomic E-state index is 13.7. The van der Waals surface area contributed by atoms with E-state index >= 15 is 0 Å². The molecule has 0 bridgehead atoms. The number of methoxy groups -OCH3 is 2. The van der Waals surface area contributed by atoms with Crippen LogP contribution in [0.15, 0.2) is 42.5 Å². The van der Waals surface area contributed by atoms with Crippen molar-refractivity contribution in [3.63, 3.8) is 0 Å². The number of nitrogens with zero attached hydrogens (tertiary/aromatic N) is 1. The van der Waals surface area contributed by atoms with Gasteiger partial charge in [0.25, 0.3) is 5.91 Å². The Morgan fingerprint density at radius 1 is 1.06 bits per heavy atom. The number of rotatable bonds is 9. The van der Waals surface area contributed by atoms with Gasteiger partial charge in [-0.2, -0.15) is 0 Å². The van der Waals surface area contributed by atoms with E-state index < -0.39 is 5.97 Å². The summed E-state index contributed by atoms with van der Waals surface area (Å²) < 4.78 is 28.9. The van der Waals surface area contributed by atoms with Gasteiger partial charge in [-0.3, -0.25) is 9.59 Å². The van der Waals surface area contributed by atoms with Crippen LogP contribution in [0.3, 0.4) is 0 Å². The number of likely N-dealkylation sites (tertiary alicyclic amines) is 1. The molecule has 8 nitrogen and oxygen atoms in total. The molecule has 1 heterocycles. The molecule has 1 aliphatic heterocycles. The Balaban J connectivity index is 1.49. The normalized spacial score (nSPS) is 13.8. The third-order valence-electron chi connectivity index (χ3n) is 5.79. The van der Waals surface area contributed by atoms with Gasteiger partial charge in [-0.1, -0.05) is 18.2 Å². The first kappa shape index (κ1) is 25.0. The second kappa shape index (κ2) is 12.0. The Labute approximate surface area is 198 Å². The third kappa shape index (κ3) is 6.46. The first-order valence-electron chi connectivity index (χ1n) is 11.1. The minimum Gasteiger partial charge on any atom is -0.493 e. The second-order valence-electron chi connectivity index (χ2n) is 7.93. The van der Waals surface area contributed by atoms with Crippen molar-refractivity contribution in [1.29, 1.82) is 0 Å². The van der Waals surface area contributed by atoms with Crippen molar-refractivity contribution in [1.82, 2.24) is 10.2 Å². The lowest BCUT2D eigenvalue weighted by molar-refractivity contribution is -0.143. The van der Waals surface area contributed by atoms with E-state index in [-0.39, 0.29) is 30.2 Å². The SMILES string of the molecule is COC(=O)COc1ccc(C(=O)N2CCC(C(=O)NCCc3ccccc3F)CC2)cc1OC. The maximum atomic E-state index is 13.7.